The van der Waals surface area contributed by atoms with Crippen LogP contribution in [-0.4, -0.2) is 59.4 Å². The number of rotatable bonds is 6. The number of pyridine rings is 1. The summed E-state index contributed by atoms with van der Waals surface area (Å²) in [6.07, 6.45) is 1.67. The zero-order valence-electron chi connectivity index (χ0n) is 15.7. The van der Waals surface area contributed by atoms with E-state index in [1.54, 1.807) is 23.2 Å². The molecule has 2 heterocycles. The Balaban J connectivity index is 1.41. The van der Waals surface area contributed by atoms with E-state index in [4.69, 9.17) is 0 Å². The van der Waals surface area contributed by atoms with E-state index in [-0.39, 0.29) is 23.3 Å². The number of thioether (sulfide) groups is 1. The van der Waals surface area contributed by atoms with Gasteiger partial charge in [0, 0.05) is 42.5 Å². The van der Waals surface area contributed by atoms with Crippen molar-refractivity contribution in [2.75, 3.05) is 47.9 Å². The molecule has 1 N–H and O–H groups in total. The predicted molar refractivity (Wildman–Crippen MR) is 118 cm³/mol. The number of halogens is 1. The molecule has 7 nitrogen and oxygen atoms in total. The molecule has 1 aromatic carbocycles. The molecule has 2 aromatic rings. The van der Waals surface area contributed by atoms with Gasteiger partial charge in [0.25, 0.3) is 0 Å². The van der Waals surface area contributed by atoms with Gasteiger partial charge in [0.05, 0.1) is 17.1 Å². The summed E-state index contributed by atoms with van der Waals surface area (Å²) in [6, 6.07) is 13.0. The molecule has 1 aliphatic heterocycles. The number of carbonyl (C=O) groups excluding carboxylic acids is 2. The second-order valence-electron chi connectivity index (χ2n) is 6.41. The fraction of sp³-hybridized carbons (Fsp3) is 0.300. The van der Waals surface area contributed by atoms with E-state index < -0.39 is 0 Å². The first kappa shape index (κ1) is 21.1. The normalized spacial score (nSPS) is 13.7. The number of carbonyl (C=O) groups is 2. The third-order valence-corrected chi connectivity index (χ3v) is 5.82. The first-order valence-electron chi connectivity index (χ1n) is 9.08. The van der Waals surface area contributed by atoms with Gasteiger partial charge in [-0.2, -0.15) is 5.26 Å². The highest BCUT2D eigenvalue weighted by Crippen LogP contribution is 2.19. The van der Waals surface area contributed by atoms with Crippen LogP contribution in [0.15, 0.2) is 47.1 Å². The van der Waals surface area contributed by atoms with Crippen molar-refractivity contribution in [2.24, 2.45) is 0 Å². The first-order chi connectivity index (χ1) is 14.1. The Morgan fingerprint density at radius 2 is 1.97 bits per heavy atom. The van der Waals surface area contributed by atoms with E-state index in [0.717, 1.165) is 10.2 Å². The summed E-state index contributed by atoms with van der Waals surface area (Å²) in [7, 11) is 0. The van der Waals surface area contributed by atoms with E-state index in [1.807, 2.05) is 29.2 Å². The fourth-order valence-corrected chi connectivity index (χ4v) is 4.11. The van der Waals surface area contributed by atoms with E-state index in [9.17, 15) is 14.9 Å². The second-order valence-corrected chi connectivity index (χ2v) is 8.31. The molecule has 150 valence electrons. The molecule has 0 bridgehead atoms. The minimum Gasteiger partial charge on any atom is -0.352 e. The summed E-state index contributed by atoms with van der Waals surface area (Å²) in [6.45, 7) is 2.41. The lowest BCUT2D eigenvalue weighted by Gasteiger charge is -2.35. The topological polar surface area (TPSA) is 89.3 Å². The minimum atomic E-state index is -0.134. The molecular formula is C20H20BrN5O2S. The van der Waals surface area contributed by atoms with Crippen LogP contribution >= 0.6 is 27.7 Å². The zero-order valence-corrected chi connectivity index (χ0v) is 18.1. The number of piperazine rings is 1. The van der Waals surface area contributed by atoms with Crippen molar-refractivity contribution in [1.29, 1.82) is 5.26 Å². The molecule has 29 heavy (non-hydrogen) atoms. The number of aromatic nitrogens is 1. The smallest absolute Gasteiger partial charge is 0.234 e. The maximum Gasteiger partial charge on any atom is 0.234 e. The number of nitrogens with zero attached hydrogens (tertiary/aromatic N) is 4. The number of anilines is 2. The van der Waals surface area contributed by atoms with Crippen LogP contribution in [0, 0.1) is 11.3 Å². The number of amides is 2. The average Bonchev–Trinajstić information content (AvgIpc) is 2.73. The van der Waals surface area contributed by atoms with Crippen LogP contribution in [0.25, 0.3) is 0 Å². The Morgan fingerprint density at radius 3 is 2.69 bits per heavy atom. The molecule has 0 unspecified atom stereocenters. The van der Waals surface area contributed by atoms with Crippen molar-refractivity contribution >= 4 is 51.0 Å². The number of nitriles is 1. The fourth-order valence-electron chi connectivity index (χ4n) is 2.99. The SMILES string of the molecule is N#Cc1cccnc1N1CCN(C(=O)CSCC(=O)Nc2cccc(Br)c2)CC1. The second kappa shape index (κ2) is 10.3. The van der Waals surface area contributed by atoms with Crippen LogP contribution in [0.4, 0.5) is 11.5 Å². The van der Waals surface area contributed by atoms with Gasteiger partial charge in [-0.3, -0.25) is 9.59 Å². The van der Waals surface area contributed by atoms with Crippen molar-refractivity contribution in [3.05, 3.63) is 52.6 Å². The Bertz CT molecular complexity index is 925. The number of nitrogens with one attached hydrogen (secondary N) is 1. The van der Waals surface area contributed by atoms with Crippen LogP contribution in [0.2, 0.25) is 0 Å². The molecule has 0 aliphatic carbocycles. The van der Waals surface area contributed by atoms with Gasteiger partial charge in [-0.25, -0.2) is 4.98 Å². The molecule has 1 fully saturated rings. The number of hydrogen-bond donors (Lipinski definition) is 1. The lowest BCUT2D eigenvalue weighted by Crippen LogP contribution is -2.49. The molecule has 0 spiro atoms. The molecule has 9 heteroatoms. The summed E-state index contributed by atoms with van der Waals surface area (Å²) in [4.78, 5) is 32.6. The quantitative estimate of drug-likeness (QED) is 0.693. The van der Waals surface area contributed by atoms with E-state index in [0.29, 0.717) is 37.6 Å². The summed E-state index contributed by atoms with van der Waals surface area (Å²) < 4.78 is 0.893. The van der Waals surface area contributed by atoms with Gasteiger partial charge >= 0.3 is 0 Å². The molecule has 0 radical (unpaired) electrons. The molecule has 0 saturated carbocycles. The van der Waals surface area contributed by atoms with Crippen LogP contribution in [0.1, 0.15) is 5.56 Å². The molecule has 1 aliphatic rings. The van der Waals surface area contributed by atoms with Gasteiger partial charge in [-0.15, -0.1) is 11.8 Å². The van der Waals surface area contributed by atoms with Crippen LogP contribution in [0.5, 0.6) is 0 Å². The predicted octanol–water partition coefficient (Wildman–Crippen LogP) is 2.74. The maximum atomic E-state index is 12.4. The molecule has 2 amide bonds. The van der Waals surface area contributed by atoms with Gasteiger partial charge in [0.2, 0.25) is 11.8 Å². The van der Waals surface area contributed by atoms with Gasteiger partial charge < -0.3 is 15.1 Å². The lowest BCUT2D eigenvalue weighted by molar-refractivity contribution is -0.128. The zero-order chi connectivity index (χ0) is 20.6. The maximum absolute atomic E-state index is 12.4. The van der Waals surface area contributed by atoms with Crippen LogP contribution in [-0.2, 0) is 9.59 Å². The highest BCUT2D eigenvalue weighted by Gasteiger charge is 2.23. The number of hydrogen-bond acceptors (Lipinski definition) is 6. The van der Waals surface area contributed by atoms with E-state index in [2.05, 4.69) is 32.3 Å². The van der Waals surface area contributed by atoms with Gasteiger partial charge in [0.1, 0.15) is 11.9 Å². The Hall–Kier alpha value is -2.57. The summed E-state index contributed by atoms with van der Waals surface area (Å²) in [5.41, 5.74) is 1.26. The Labute approximate surface area is 182 Å². The van der Waals surface area contributed by atoms with Crippen molar-refractivity contribution in [1.82, 2.24) is 9.88 Å². The van der Waals surface area contributed by atoms with Gasteiger partial charge in [0.15, 0.2) is 0 Å². The summed E-state index contributed by atoms with van der Waals surface area (Å²) >= 11 is 4.67. The van der Waals surface area contributed by atoms with Crippen molar-refractivity contribution < 1.29 is 9.59 Å². The molecule has 3 rings (SSSR count). The van der Waals surface area contributed by atoms with Crippen molar-refractivity contribution in [3.8, 4) is 6.07 Å². The van der Waals surface area contributed by atoms with E-state index >= 15 is 0 Å². The lowest BCUT2D eigenvalue weighted by atomic mass is 10.2. The Kier molecular flexibility index (Phi) is 7.49. The molecule has 1 saturated heterocycles. The van der Waals surface area contributed by atoms with Crippen molar-refractivity contribution in [3.63, 3.8) is 0 Å². The highest BCUT2D eigenvalue weighted by molar-refractivity contribution is 9.10. The minimum absolute atomic E-state index is 0.0198. The highest BCUT2D eigenvalue weighted by atomic mass is 79.9. The molecular weight excluding hydrogens is 454 g/mol. The monoisotopic (exact) mass is 473 g/mol. The third kappa shape index (κ3) is 5.95. The first-order valence-corrected chi connectivity index (χ1v) is 11.0. The molecule has 1 aromatic heterocycles. The van der Waals surface area contributed by atoms with E-state index in [1.165, 1.54) is 11.8 Å². The number of benzene rings is 1. The molecule has 0 atom stereocenters. The standard InChI is InChI=1S/C20H20BrN5O2S/c21-16-4-1-5-17(11-16)24-18(27)13-29-14-19(28)25-7-9-26(10-8-25)20-15(12-22)3-2-6-23-20/h1-6,11H,7-10,13-14H2,(H,24,27). The summed E-state index contributed by atoms with van der Waals surface area (Å²) in [5, 5.41) is 12.0. The van der Waals surface area contributed by atoms with Gasteiger partial charge in [-0.1, -0.05) is 22.0 Å². The summed E-state index contributed by atoms with van der Waals surface area (Å²) in [5.74, 6) is 1.04. The third-order valence-electron chi connectivity index (χ3n) is 4.41. The largest absolute Gasteiger partial charge is 0.352 e. The Morgan fingerprint density at radius 1 is 1.17 bits per heavy atom. The van der Waals surface area contributed by atoms with Crippen molar-refractivity contribution in [2.45, 2.75) is 0 Å². The van der Waals surface area contributed by atoms with Crippen LogP contribution in [0.3, 0.4) is 0 Å². The average molecular weight is 474 g/mol. The van der Waals surface area contributed by atoms with Crippen LogP contribution < -0.4 is 10.2 Å². The van der Waals surface area contributed by atoms with Gasteiger partial charge in [-0.05, 0) is 30.3 Å².